The quantitative estimate of drug-likeness (QED) is 0.438. The maximum Gasteiger partial charge on any atom is 0.416 e. The number of piperidine rings is 1. The van der Waals surface area contributed by atoms with Gasteiger partial charge in [0.2, 0.25) is 0 Å². The van der Waals surface area contributed by atoms with Gasteiger partial charge in [0.05, 0.1) is 16.6 Å². The van der Waals surface area contributed by atoms with Crippen LogP contribution >= 0.6 is 11.6 Å². The third kappa shape index (κ3) is 5.11. The predicted molar refractivity (Wildman–Crippen MR) is 124 cm³/mol. The number of ether oxygens (including phenoxy) is 2. The zero-order valence-electron chi connectivity index (χ0n) is 18.9. The minimum atomic E-state index is -4.43. The second kappa shape index (κ2) is 9.70. The van der Waals surface area contributed by atoms with E-state index in [0.717, 1.165) is 25.0 Å². The minimum absolute atomic E-state index is 0.0113. The fraction of sp³-hybridized carbons (Fsp3) is 0.440. The maximum absolute atomic E-state index is 13.3. The Balaban J connectivity index is 1.31. The summed E-state index contributed by atoms with van der Waals surface area (Å²) < 4.78 is 53.3. The molecule has 10 heteroatoms. The average molecular weight is 508 g/mol. The first-order valence-corrected chi connectivity index (χ1v) is 12.0. The highest BCUT2D eigenvalue weighted by Crippen LogP contribution is 2.38. The molecule has 0 aliphatic carbocycles. The van der Waals surface area contributed by atoms with Gasteiger partial charge in [-0.05, 0) is 68.1 Å². The lowest BCUT2D eigenvalue weighted by Gasteiger charge is -2.34. The highest BCUT2D eigenvalue weighted by molar-refractivity contribution is 6.30. The van der Waals surface area contributed by atoms with Gasteiger partial charge in [0, 0.05) is 30.8 Å². The fourth-order valence-corrected chi connectivity index (χ4v) is 4.95. The summed E-state index contributed by atoms with van der Waals surface area (Å²) in [5.41, 5.74) is 0.272. The summed E-state index contributed by atoms with van der Waals surface area (Å²) in [6, 6.07) is 10.5. The van der Waals surface area contributed by atoms with Crippen molar-refractivity contribution in [3.63, 3.8) is 0 Å². The van der Waals surface area contributed by atoms with Crippen molar-refractivity contribution in [1.29, 1.82) is 0 Å². The molecule has 3 heterocycles. The highest BCUT2D eigenvalue weighted by atomic mass is 35.5. The lowest BCUT2D eigenvalue weighted by molar-refractivity contribution is -0.137. The van der Waals surface area contributed by atoms with Crippen LogP contribution in [0, 0.1) is 0 Å². The molecule has 6 nitrogen and oxygen atoms in total. The van der Waals surface area contributed by atoms with Crippen molar-refractivity contribution in [2.24, 2.45) is 0 Å². The molecular weight excluding hydrogens is 483 g/mol. The summed E-state index contributed by atoms with van der Waals surface area (Å²) in [5, 5.41) is 0.592. The number of likely N-dealkylation sites (tertiary alicyclic amines) is 1. The molecule has 35 heavy (non-hydrogen) atoms. The number of aromatic nitrogens is 2. The summed E-state index contributed by atoms with van der Waals surface area (Å²) in [5.74, 6) is 1.14. The van der Waals surface area contributed by atoms with E-state index >= 15 is 0 Å². The van der Waals surface area contributed by atoms with Crippen LogP contribution in [0.25, 0.3) is 11.0 Å². The van der Waals surface area contributed by atoms with E-state index in [1.54, 1.807) is 29.2 Å². The van der Waals surface area contributed by atoms with Crippen molar-refractivity contribution in [3.05, 3.63) is 58.9 Å². The number of carbonyl (C=O) groups excluding carboxylic acids is 1. The number of halogens is 4. The summed E-state index contributed by atoms with van der Waals surface area (Å²) in [7, 11) is 0. The molecule has 2 aliphatic heterocycles. The Kier molecular flexibility index (Phi) is 6.63. The van der Waals surface area contributed by atoms with Crippen LogP contribution in [-0.4, -0.2) is 46.7 Å². The van der Waals surface area contributed by atoms with Gasteiger partial charge in [-0.1, -0.05) is 11.6 Å². The van der Waals surface area contributed by atoms with Gasteiger partial charge >= 0.3 is 6.18 Å². The molecule has 1 amide bonds. The number of hydrogen-bond donors (Lipinski definition) is 0. The Labute approximate surface area is 205 Å². The van der Waals surface area contributed by atoms with Crippen LogP contribution in [0.1, 0.15) is 49.2 Å². The van der Waals surface area contributed by atoms with E-state index in [4.69, 9.17) is 21.1 Å². The Morgan fingerprint density at radius 3 is 2.51 bits per heavy atom. The van der Waals surface area contributed by atoms with Crippen molar-refractivity contribution < 1.29 is 27.4 Å². The first-order chi connectivity index (χ1) is 16.8. The molecule has 186 valence electrons. The molecule has 2 aliphatic rings. The molecule has 3 aromatic rings. The van der Waals surface area contributed by atoms with E-state index in [9.17, 15) is 18.0 Å². The van der Waals surface area contributed by atoms with Gasteiger partial charge in [0.1, 0.15) is 17.7 Å². The molecule has 0 saturated carbocycles. The van der Waals surface area contributed by atoms with E-state index in [-0.39, 0.29) is 24.7 Å². The van der Waals surface area contributed by atoms with Gasteiger partial charge in [0.25, 0.3) is 5.91 Å². The number of fused-ring (bicyclic) bond motifs is 1. The van der Waals surface area contributed by atoms with Gasteiger partial charge < -0.3 is 18.9 Å². The number of rotatable bonds is 5. The molecule has 0 bridgehead atoms. The van der Waals surface area contributed by atoms with Crippen LogP contribution in [0.15, 0.2) is 42.5 Å². The van der Waals surface area contributed by atoms with Crippen molar-refractivity contribution >= 4 is 28.5 Å². The summed E-state index contributed by atoms with van der Waals surface area (Å²) in [6.07, 6.45) is -1.65. The molecule has 1 aromatic heterocycles. The normalized spacial score (nSPS) is 19.4. The zero-order chi connectivity index (χ0) is 24.6. The molecule has 5 rings (SSSR count). The molecule has 1 atom stereocenters. The van der Waals surface area contributed by atoms with Crippen LogP contribution in [0.5, 0.6) is 5.75 Å². The Morgan fingerprint density at radius 2 is 1.86 bits per heavy atom. The average Bonchev–Trinajstić information content (AvgIpc) is 3.50. The number of hydrogen-bond acceptors (Lipinski definition) is 4. The van der Waals surface area contributed by atoms with E-state index in [0.29, 0.717) is 60.2 Å². The fourth-order valence-electron chi connectivity index (χ4n) is 4.83. The van der Waals surface area contributed by atoms with Gasteiger partial charge in [0.15, 0.2) is 6.61 Å². The predicted octanol–water partition coefficient (Wildman–Crippen LogP) is 5.80. The highest BCUT2D eigenvalue weighted by Gasteiger charge is 2.34. The molecular formula is C25H25ClF3N3O3. The molecule has 1 unspecified atom stereocenters. The van der Waals surface area contributed by atoms with Crippen LogP contribution in [0.2, 0.25) is 5.02 Å². The number of carbonyl (C=O) groups is 1. The second-order valence-corrected chi connectivity index (χ2v) is 9.33. The lowest BCUT2D eigenvalue weighted by atomic mass is 10.0. The Morgan fingerprint density at radius 1 is 1.11 bits per heavy atom. The molecule has 0 spiro atoms. The van der Waals surface area contributed by atoms with Gasteiger partial charge in [-0.3, -0.25) is 4.79 Å². The molecule has 0 N–H and O–H groups in total. The van der Waals surface area contributed by atoms with Crippen molar-refractivity contribution in [2.75, 3.05) is 26.3 Å². The van der Waals surface area contributed by atoms with Gasteiger partial charge in [-0.15, -0.1) is 0 Å². The lowest BCUT2D eigenvalue weighted by Crippen LogP contribution is -2.41. The summed E-state index contributed by atoms with van der Waals surface area (Å²) >= 11 is 5.87. The van der Waals surface area contributed by atoms with Crippen LogP contribution in [0.4, 0.5) is 13.2 Å². The monoisotopic (exact) mass is 507 g/mol. The smallest absolute Gasteiger partial charge is 0.416 e. The van der Waals surface area contributed by atoms with Crippen LogP contribution < -0.4 is 4.74 Å². The summed E-state index contributed by atoms with van der Waals surface area (Å²) in [6.45, 7) is 1.60. The number of benzene rings is 2. The van der Waals surface area contributed by atoms with E-state index in [2.05, 4.69) is 4.98 Å². The third-order valence-electron chi connectivity index (χ3n) is 6.62. The number of imidazole rings is 1. The zero-order valence-corrected chi connectivity index (χ0v) is 19.7. The molecule has 0 radical (unpaired) electrons. The number of alkyl halides is 3. The number of nitrogens with zero attached hydrogens (tertiary/aromatic N) is 3. The van der Waals surface area contributed by atoms with Crippen molar-refractivity contribution in [2.45, 2.75) is 44.0 Å². The SMILES string of the molecule is O=C(COc1ccc(Cl)cc1)N1CCC(n2c(C3CCCO3)nc3cc(C(F)(F)F)ccc32)CC1. The van der Waals surface area contributed by atoms with Gasteiger partial charge in [-0.2, -0.15) is 13.2 Å². The maximum atomic E-state index is 13.3. The third-order valence-corrected chi connectivity index (χ3v) is 6.87. The molecule has 2 saturated heterocycles. The Bertz CT molecular complexity index is 1200. The van der Waals surface area contributed by atoms with Crippen LogP contribution in [0.3, 0.4) is 0 Å². The van der Waals surface area contributed by atoms with E-state index in [1.165, 1.54) is 6.07 Å². The first-order valence-electron chi connectivity index (χ1n) is 11.7. The second-order valence-electron chi connectivity index (χ2n) is 8.90. The van der Waals surface area contributed by atoms with Crippen LogP contribution in [-0.2, 0) is 15.7 Å². The van der Waals surface area contributed by atoms with Crippen molar-refractivity contribution in [3.8, 4) is 5.75 Å². The topological polar surface area (TPSA) is 56.6 Å². The molecule has 2 fully saturated rings. The molecule has 2 aromatic carbocycles. The largest absolute Gasteiger partial charge is 0.484 e. The number of amides is 1. The summed E-state index contributed by atoms with van der Waals surface area (Å²) in [4.78, 5) is 19.0. The van der Waals surface area contributed by atoms with Crippen molar-refractivity contribution in [1.82, 2.24) is 14.5 Å². The van der Waals surface area contributed by atoms with Gasteiger partial charge in [-0.25, -0.2) is 4.98 Å². The van der Waals surface area contributed by atoms with E-state index < -0.39 is 11.7 Å². The first kappa shape index (κ1) is 23.9. The van der Waals surface area contributed by atoms with E-state index in [1.807, 2.05) is 4.57 Å². The standard InChI is InChI=1S/C25H25ClF3N3O3/c26-17-4-6-19(7-5-17)35-15-23(33)31-11-9-18(10-12-31)32-21-8-3-16(25(27,28)29)14-20(21)30-24(32)22-2-1-13-34-22/h3-8,14,18,22H,1-2,9-13,15H2. The minimum Gasteiger partial charge on any atom is -0.484 e. The Hall–Kier alpha value is -2.78.